The topological polar surface area (TPSA) is 15.3 Å². The van der Waals surface area contributed by atoms with E-state index in [1.165, 1.54) is 42.1 Å². The van der Waals surface area contributed by atoms with Gasteiger partial charge < -0.3 is 10.2 Å². The van der Waals surface area contributed by atoms with Crippen LogP contribution >= 0.6 is 11.8 Å². The molecular weight excluding hydrogens is 252 g/mol. The second kappa shape index (κ2) is 7.20. The van der Waals surface area contributed by atoms with E-state index in [-0.39, 0.29) is 0 Å². The highest BCUT2D eigenvalue weighted by Gasteiger charge is 2.18. The number of nitrogens with zero attached hydrogens (tertiary/aromatic N) is 1. The van der Waals surface area contributed by atoms with Gasteiger partial charge in [0.05, 0.1) is 0 Å². The summed E-state index contributed by atoms with van der Waals surface area (Å²) in [5.74, 6) is 1.25. The Morgan fingerprint density at radius 1 is 1.42 bits per heavy atom. The minimum Gasteiger partial charge on any atom is -0.369 e. The Hall–Kier alpha value is -0.670. The summed E-state index contributed by atoms with van der Waals surface area (Å²) >= 11 is 2.09. The SMILES string of the molecule is CCCNCc1ccc(N2CCSC(C)C2)c(C)c1. The number of benzene rings is 1. The molecule has 1 aromatic rings. The first-order valence-electron chi connectivity index (χ1n) is 7.37. The summed E-state index contributed by atoms with van der Waals surface area (Å²) in [5, 5.41) is 4.22. The van der Waals surface area contributed by atoms with Gasteiger partial charge in [-0.3, -0.25) is 0 Å². The van der Waals surface area contributed by atoms with E-state index in [1.807, 2.05) is 0 Å². The first-order chi connectivity index (χ1) is 9.20. The molecule has 0 aromatic heterocycles. The Kier molecular flexibility index (Phi) is 5.59. The van der Waals surface area contributed by atoms with Gasteiger partial charge in [-0.15, -0.1) is 0 Å². The molecule has 1 aromatic carbocycles. The van der Waals surface area contributed by atoms with Gasteiger partial charge in [0.2, 0.25) is 0 Å². The first kappa shape index (κ1) is 14.7. The summed E-state index contributed by atoms with van der Waals surface area (Å²) in [6.45, 7) is 11.2. The third-order valence-corrected chi connectivity index (χ3v) is 4.74. The molecule has 2 nitrogen and oxygen atoms in total. The quantitative estimate of drug-likeness (QED) is 0.831. The highest BCUT2D eigenvalue weighted by Crippen LogP contribution is 2.27. The van der Waals surface area contributed by atoms with Crippen LogP contribution in [-0.4, -0.2) is 30.6 Å². The number of nitrogens with one attached hydrogen (secondary N) is 1. The lowest BCUT2D eigenvalue weighted by atomic mass is 10.1. The Morgan fingerprint density at radius 3 is 2.95 bits per heavy atom. The van der Waals surface area contributed by atoms with E-state index in [9.17, 15) is 0 Å². The molecule has 1 saturated heterocycles. The lowest BCUT2D eigenvalue weighted by molar-refractivity contribution is 0.675. The molecule has 1 N–H and O–H groups in total. The van der Waals surface area contributed by atoms with Crippen molar-refractivity contribution >= 4 is 17.4 Å². The van der Waals surface area contributed by atoms with E-state index >= 15 is 0 Å². The number of rotatable bonds is 5. The minimum atomic E-state index is 0.749. The summed E-state index contributed by atoms with van der Waals surface area (Å²) in [5.41, 5.74) is 4.23. The molecule has 1 heterocycles. The fraction of sp³-hybridized carbons (Fsp3) is 0.625. The molecule has 1 unspecified atom stereocenters. The lowest BCUT2D eigenvalue weighted by Crippen LogP contribution is -2.37. The molecule has 0 radical (unpaired) electrons. The largest absolute Gasteiger partial charge is 0.369 e. The van der Waals surface area contributed by atoms with Crippen LogP contribution in [0.25, 0.3) is 0 Å². The molecule has 19 heavy (non-hydrogen) atoms. The van der Waals surface area contributed by atoms with Gasteiger partial charge in [0.25, 0.3) is 0 Å². The Balaban J connectivity index is 2.02. The van der Waals surface area contributed by atoms with Crippen LogP contribution in [0.15, 0.2) is 18.2 Å². The van der Waals surface area contributed by atoms with Crippen molar-refractivity contribution in [2.24, 2.45) is 0 Å². The molecule has 0 saturated carbocycles. The van der Waals surface area contributed by atoms with Crippen LogP contribution in [0.5, 0.6) is 0 Å². The average Bonchev–Trinajstić information content (AvgIpc) is 2.39. The molecule has 0 aliphatic carbocycles. The molecule has 0 bridgehead atoms. The highest BCUT2D eigenvalue weighted by molar-refractivity contribution is 8.00. The van der Waals surface area contributed by atoms with Gasteiger partial charge in [0.1, 0.15) is 0 Å². The van der Waals surface area contributed by atoms with Crippen LogP contribution in [0, 0.1) is 6.92 Å². The monoisotopic (exact) mass is 278 g/mol. The van der Waals surface area contributed by atoms with Gasteiger partial charge in [-0.1, -0.05) is 26.0 Å². The van der Waals surface area contributed by atoms with Crippen molar-refractivity contribution in [1.82, 2.24) is 5.32 Å². The number of hydrogen-bond donors (Lipinski definition) is 1. The third-order valence-electron chi connectivity index (χ3n) is 3.60. The Bertz CT molecular complexity index is 406. The zero-order chi connectivity index (χ0) is 13.7. The second-order valence-corrected chi connectivity index (χ2v) is 6.97. The minimum absolute atomic E-state index is 0.749. The molecule has 0 spiro atoms. The highest BCUT2D eigenvalue weighted by atomic mass is 32.2. The van der Waals surface area contributed by atoms with Gasteiger partial charge in [-0.2, -0.15) is 11.8 Å². The van der Waals surface area contributed by atoms with Gasteiger partial charge >= 0.3 is 0 Å². The van der Waals surface area contributed by atoms with Crippen molar-refractivity contribution in [2.75, 3.05) is 30.3 Å². The summed E-state index contributed by atoms with van der Waals surface area (Å²) in [4.78, 5) is 2.54. The molecule has 3 heteroatoms. The second-order valence-electron chi connectivity index (χ2n) is 5.43. The van der Waals surface area contributed by atoms with E-state index < -0.39 is 0 Å². The summed E-state index contributed by atoms with van der Waals surface area (Å²) in [7, 11) is 0. The van der Waals surface area contributed by atoms with E-state index in [4.69, 9.17) is 0 Å². The van der Waals surface area contributed by atoms with Gasteiger partial charge in [-0.25, -0.2) is 0 Å². The standard InChI is InChI=1S/C16H26N2S/c1-4-7-17-11-15-5-6-16(13(2)10-15)18-8-9-19-14(3)12-18/h5-6,10,14,17H,4,7-9,11-12H2,1-3H3. The molecule has 0 amide bonds. The van der Waals surface area contributed by atoms with Crippen molar-refractivity contribution < 1.29 is 0 Å². The molecule has 1 fully saturated rings. The van der Waals surface area contributed by atoms with Gasteiger partial charge in [-0.05, 0) is 37.1 Å². The molecule has 1 aliphatic heterocycles. The summed E-state index contributed by atoms with van der Waals surface area (Å²) < 4.78 is 0. The van der Waals surface area contributed by atoms with Crippen LogP contribution in [0.3, 0.4) is 0 Å². The average molecular weight is 278 g/mol. The zero-order valence-electron chi connectivity index (χ0n) is 12.4. The normalized spacial score (nSPS) is 19.7. The summed E-state index contributed by atoms with van der Waals surface area (Å²) in [6.07, 6.45) is 1.19. The van der Waals surface area contributed by atoms with Crippen LogP contribution in [-0.2, 0) is 6.54 Å². The fourth-order valence-electron chi connectivity index (χ4n) is 2.63. The van der Waals surface area contributed by atoms with Crippen molar-refractivity contribution in [2.45, 2.75) is 39.0 Å². The van der Waals surface area contributed by atoms with E-state index in [2.05, 4.69) is 60.9 Å². The van der Waals surface area contributed by atoms with E-state index in [0.717, 1.165) is 18.3 Å². The molecule has 1 atom stereocenters. The number of anilines is 1. The van der Waals surface area contributed by atoms with Crippen LogP contribution in [0.4, 0.5) is 5.69 Å². The molecule has 106 valence electrons. The molecular formula is C16H26N2S. The van der Waals surface area contributed by atoms with Crippen LogP contribution < -0.4 is 10.2 Å². The van der Waals surface area contributed by atoms with Crippen molar-refractivity contribution in [1.29, 1.82) is 0 Å². The van der Waals surface area contributed by atoms with E-state index in [0.29, 0.717) is 0 Å². The van der Waals surface area contributed by atoms with Crippen molar-refractivity contribution in [3.63, 3.8) is 0 Å². The fourth-order valence-corrected chi connectivity index (χ4v) is 3.64. The smallest absolute Gasteiger partial charge is 0.0396 e. The first-order valence-corrected chi connectivity index (χ1v) is 8.42. The predicted octanol–water partition coefficient (Wildman–Crippen LogP) is 3.44. The maximum Gasteiger partial charge on any atom is 0.0396 e. The molecule has 1 aliphatic rings. The van der Waals surface area contributed by atoms with Gasteiger partial charge in [0, 0.05) is 36.3 Å². The Labute approximate surface area is 122 Å². The summed E-state index contributed by atoms with van der Waals surface area (Å²) in [6, 6.07) is 6.92. The molecule has 2 rings (SSSR count). The zero-order valence-corrected chi connectivity index (χ0v) is 13.2. The third kappa shape index (κ3) is 4.15. The number of thioether (sulfide) groups is 1. The van der Waals surface area contributed by atoms with Crippen molar-refractivity contribution in [3.8, 4) is 0 Å². The maximum absolute atomic E-state index is 3.47. The van der Waals surface area contributed by atoms with Crippen molar-refractivity contribution in [3.05, 3.63) is 29.3 Å². The number of aryl methyl sites for hydroxylation is 1. The lowest BCUT2D eigenvalue weighted by Gasteiger charge is -2.33. The van der Waals surface area contributed by atoms with Crippen LogP contribution in [0.2, 0.25) is 0 Å². The Morgan fingerprint density at radius 2 is 2.26 bits per heavy atom. The number of hydrogen-bond acceptors (Lipinski definition) is 3. The maximum atomic E-state index is 3.47. The predicted molar refractivity (Wildman–Crippen MR) is 87.3 cm³/mol. The van der Waals surface area contributed by atoms with Gasteiger partial charge in [0.15, 0.2) is 0 Å². The van der Waals surface area contributed by atoms with E-state index in [1.54, 1.807) is 0 Å². The van der Waals surface area contributed by atoms with Crippen LogP contribution in [0.1, 0.15) is 31.4 Å².